The van der Waals surface area contributed by atoms with Crippen LogP contribution in [0, 0.1) is 0 Å². The molecule has 0 fully saturated rings. The molecule has 0 aliphatic rings. The Morgan fingerprint density at radius 1 is 1.31 bits per heavy atom. The van der Waals surface area contributed by atoms with Crippen molar-refractivity contribution in [1.29, 1.82) is 0 Å². The lowest BCUT2D eigenvalue weighted by Gasteiger charge is -1.90. The molecule has 0 amide bonds. The van der Waals surface area contributed by atoms with Crippen LogP contribution in [-0.4, -0.2) is 14.8 Å². The summed E-state index contributed by atoms with van der Waals surface area (Å²) in [5, 5.41) is 4.13. The molecule has 2 aromatic heterocycles. The van der Waals surface area contributed by atoms with Gasteiger partial charge in [0.05, 0.1) is 6.20 Å². The summed E-state index contributed by atoms with van der Waals surface area (Å²) in [5.74, 6) is 0. The number of rotatable bonds is 2. The Kier molecular flexibility index (Phi) is 1.97. The Morgan fingerprint density at radius 3 is 2.94 bits per heavy atom. The van der Waals surface area contributed by atoms with Gasteiger partial charge in [-0.05, 0) is 12.1 Å². The van der Waals surface area contributed by atoms with Crippen molar-refractivity contribution in [2.75, 3.05) is 0 Å². The van der Waals surface area contributed by atoms with Crippen LogP contribution in [0.3, 0.4) is 0 Å². The number of nitrogens with zero attached hydrogens (tertiary/aromatic N) is 3. The van der Waals surface area contributed by atoms with Gasteiger partial charge in [-0.3, -0.25) is 0 Å². The van der Waals surface area contributed by atoms with Gasteiger partial charge in [0.15, 0.2) is 5.58 Å². The van der Waals surface area contributed by atoms with E-state index in [9.17, 15) is 0 Å². The summed E-state index contributed by atoms with van der Waals surface area (Å²) in [4.78, 5) is 4.32. The first-order valence-corrected chi connectivity index (χ1v) is 4.96. The van der Waals surface area contributed by atoms with Gasteiger partial charge in [0.1, 0.15) is 5.52 Å². The largest absolute Gasteiger partial charge is 0.422 e. The van der Waals surface area contributed by atoms with Crippen molar-refractivity contribution in [2.24, 2.45) is 5.73 Å². The van der Waals surface area contributed by atoms with Crippen LogP contribution in [0.15, 0.2) is 41.1 Å². The van der Waals surface area contributed by atoms with Crippen molar-refractivity contribution >= 4 is 11.1 Å². The number of para-hydroxylation sites is 2. The summed E-state index contributed by atoms with van der Waals surface area (Å²) in [6.45, 7) is 0.459. The summed E-state index contributed by atoms with van der Waals surface area (Å²) in [5.41, 5.74) is 8.03. The molecule has 0 spiro atoms. The number of fused-ring (bicyclic) bond motifs is 1. The molecular formula is C11H10N4O. The van der Waals surface area contributed by atoms with E-state index in [0.29, 0.717) is 12.6 Å². The van der Waals surface area contributed by atoms with E-state index in [0.717, 1.165) is 16.7 Å². The summed E-state index contributed by atoms with van der Waals surface area (Å²) in [6, 6.07) is 8.06. The number of hydrogen-bond donors (Lipinski definition) is 1. The van der Waals surface area contributed by atoms with Crippen LogP contribution >= 0.6 is 0 Å². The van der Waals surface area contributed by atoms with Crippen LogP contribution < -0.4 is 5.73 Å². The van der Waals surface area contributed by atoms with E-state index >= 15 is 0 Å². The first-order valence-electron chi connectivity index (χ1n) is 4.96. The van der Waals surface area contributed by atoms with Crippen molar-refractivity contribution in [2.45, 2.75) is 6.54 Å². The zero-order chi connectivity index (χ0) is 11.0. The second-order valence-electron chi connectivity index (χ2n) is 3.46. The van der Waals surface area contributed by atoms with Crippen molar-refractivity contribution in [3.8, 4) is 6.01 Å². The molecule has 2 N–H and O–H groups in total. The molecule has 0 unspecified atom stereocenters. The molecule has 0 aliphatic heterocycles. The van der Waals surface area contributed by atoms with E-state index in [1.165, 1.54) is 0 Å². The second-order valence-corrected chi connectivity index (χ2v) is 3.46. The highest BCUT2D eigenvalue weighted by molar-refractivity contribution is 5.73. The van der Waals surface area contributed by atoms with E-state index in [-0.39, 0.29) is 0 Å². The van der Waals surface area contributed by atoms with Gasteiger partial charge in [0.25, 0.3) is 0 Å². The highest BCUT2D eigenvalue weighted by atomic mass is 16.4. The van der Waals surface area contributed by atoms with Gasteiger partial charge in [0, 0.05) is 18.3 Å². The topological polar surface area (TPSA) is 69.9 Å². The third-order valence-electron chi connectivity index (χ3n) is 2.35. The summed E-state index contributed by atoms with van der Waals surface area (Å²) < 4.78 is 7.15. The highest BCUT2D eigenvalue weighted by Crippen LogP contribution is 2.17. The lowest BCUT2D eigenvalue weighted by Crippen LogP contribution is -1.95. The normalized spacial score (nSPS) is 11.1. The number of benzene rings is 1. The Bertz CT molecular complexity index is 592. The van der Waals surface area contributed by atoms with Crippen molar-refractivity contribution in [3.05, 3.63) is 42.2 Å². The zero-order valence-corrected chi connectivity index (χ0v) is 8.50. The van der Waals surface area contributed by atoms with E-state index < -0.39 is 0 Å². The van der Waals surface area contributed by atoms with Crippen LogP contribution in [0.5, 0.6) is 0 Å². The SMILES string of the molecule is NCc1cnn(-c2nc3ccccc3o2)c1. The molecule has 5 heteroatoms. The fraction of sp³-hybridized carbons (Fsp3) is 0.0909. The minimum Gasteiger partial charge on any atom is -0.422 e. The molecule has 0 saturated heterocycles. The third-order valence-corrected chi connectivity index (χ3v) is 2.35. The Hall–Kier alpha value is -2.14. The molecule has 3 rings (SSSR count). The van der Waals surface area contributed by atoms with Gasteiger partial charge >= 0.3 is 6.01 Å². The third kappa shape index (κ3) is 1.38. The molecule has 1 aromatic carbocycles. The lowest BCUT2D eigenvalue weighted by molar-refractivity contribution is 0.543. The maximum Gasteiger partial charge on any atom is 0.323 e. The average Bonchev–Trinajstić information content (AvgIpc) is 2.95. The fourth-order valence-electron chi connectivity index (χ4n) is 1.53. The van der Waals surface area contributed by atoms with Crippen LogP contribution in [0.1, 0.15) is 5.56 Å². The summed E-state index contributed by atoms with van der Waals surface area (Å²) in [6.07, 6.45) is 3.51. The Morgan fingerprint density at radius 2 is 2.19 bits per heavy atom. The van der Waals surface area contributed by atoms with Gasteiger partial charge in [-0.1, -0.05) is 12.1 Å². The molecule has 80 valence electrons. The molecule has 5 nitrogen and oxygen atoms in total. The fourth-order valence-corrected chi connectivity index (χ4v) is 1.53. The van der Waals surface area contributed by atoms with Crippen LogP contribution in [0.25, 0.3) is 17.1 Å². The molecular weight excluding hydrogens is 204 g/mol. The molecule has 0 aliphatic carbocycles. The van der Waals surface area contributed by atoms with Gasteiger partial charge in [-0.2, -0.15) is 14.8 Å². The van der Waals surface area contributed by atoms with Crippen LogP contribution in [-0.2, 0) is 6.54 Å². The Labute approximate surface area is 91.5 Å². The lowest BCUT2D eigenvalue weighted by atomic mass is 10.3. The van der Waals surface area contributed by atoms with Crippen molar-refractivity contribution in [3.63, 3.8) is 0 Å². The van der Waals surface area contributed by atoms with E-state index in [2.05, 4.69) is 10.1 Å². The van der Waals surface area contributed by atoms with Crippen molar-refractivity contribution < 1.29 is 4.42 Å². The Balaban J connectivity index is 2.11. The monoisotopic (exact) mass is 214 g/mol. The van der Waals surface area contributed by atoms with Gasteiger partial charge in [-0.15, -0.1) is 0 Å². The van der Waals surface area contributed by atoms with E-state index in [1.807, 2.05) is 30.5 Å². The minimum atomic E-state index is 0.459. The molecule has 3 aromatic rings. The predicted octanol–water partition coefficient (Wildman–Crippen LogP) is 1.47. The van der Waals surface area contributed by atoms with Gasteiger partial charge < -0.3 is 10.2 Å². The van der Waals surface area contributed by atoms with Gasteiger partial charge in [0.2, 0.25) is 0 Å². The zero-order valence-electron chi connectivity index (χ0n) is 8.50. The maximum atomic E-state index is 5.56. The molecule has 0 saturated carbocycles. The van der Waals surface area contributed by atoms with Crippen molar-refractivity contribution in [1.82, 2.24) is 14.8 Å². The average molecular weight is 214 g/mol. The number of nitrogens with two attached hydrogens (primary N) is 1. The molecule has 2 heterocycles. The molecule has 0 radical (unpaired) electrons. The first kappa shape index (κ1) is 9.11. The standard InChI is InChI=1S/C11H10N4O/c12-5-8-6-13-15(7-8)11-14-9-3-1-2-4-10(9)16-11/h1-4,6-7H,5,12H2. The smallest absolute Gasteiger partial charge is 0.323 e. The minimum absolute atomic E-state index is 0.459. The number of oxazole rings is 1. The predicted molar refractivity (Wildman–Crippen MR) is 59.0 cm³/mol. The van der Waals surface area contributed by atoms with E-state index in [1.54, 1.807) is 10.9 Å². The summed E-state index contributed by atoms with van der Waals surface area (Å²) >= 11 is 0. The number of hydrogen-bond acceptors (Lipinski definition) is 4. The molecule has 16 heavy (non-hydrogen) atoms. The van der Waals surface area contributed by atoms with Crippen LogP contribution in [0.2, 0.25) is 0 Å². The highest BCUT2D eigenvalue weighted by Gasteiger charge is 2.07. The first-order chi connectivity index (χ1) is 7.86. The maximum absolute atomic E-state index is 5.56. The van der Waals surface area contributed by atoms with Gasteiger partial charge in [-0.25, -0.2) is 0 Å². The van der Waals surface area contributed by atoms with Crippen LogP contribution in [0.4, 0.5) is 0 Å². The molecule has 0 atom stereocenters. The quantitative estimate of drug-likeness (QED) is 0.701. The molecule has 0 bridgehead atoms. The summed E-state index contributed by atoms with van der Waals surface area (Å²) in [7, 11) is 0. The van der Waals surface area contributed by atoms with E-state index in [4.69, 9.17) is 10.2 Å². The second kappa shape index (κ2) is 3.46. The number of aromatic nitrogens is 3.